The summed E-state index contributed by atoms with van der Waals surface area (Å²) in [5.41, 5.74) is 1.49. The zero-order valence-electron chi connectivity index (χ0n) is 17.5. The van der Waals surface area contributed by atoms with Gasteiger partial charge in [0.25, 0.3) is 0 Å². The molecule has 164 valence electrons. The number of hydrogen-bond donors (Lipinski definition) is 0. The predicted octanol–water partition coefficient (Wildman–Crippen LogP) is 2.46. The second-order valence-corrected chi connectivity index (χ2v) is 10.7. The second-order valence-electron chi connectivity index (χ2n) is 7.84. The van der Waals surface area contributed by atoms with Gasteiger partial charge in [0, 0.05) is 43.6 Å². The molecule has 0 radical (unpaired) electrons. The van der Waals surface area contributed by atoms with E-state index in [1.165, 1.54) is 26.9 Å². The first-order valence-corrected chi connectivity index (χ1v) is 12.8. The molecule has 1 atom stereocenters. The Labute approximate surface area is 187 Å². The molecule has 0 saturated carbocycles. The van der Waals surface area contributed by atoms with Gasteiger partial charge in [0.15, 0.2) is 0 Å². The Morgan fingerprint density at radius 2 is 1.90 bits per heavy atom. The van der Waals surface area contributed by atoms with Crippen LogP contribution in [0.15, 0.2) is 40.6 Å². The highest BCUT2D eigenvalue weighted by atomic mass is 32.2. The number of hydrogen-bond acceptors (Lipinski definition) is 6. The van der Waals surface area contributed by atoms with E-state index in [-0.39, 0.29) is 35.5 Å². The van der Waals surface area contributed by atoms with E-state index < -0.39 is 10.0 Å². The smallest absolute Gasteiger partial charge is 0.244 e. The number of carbonyl (C=O) groups excluding carboxylic acids is 1. The highest BCUT2D eigenvalue weighted by Crippen LogP contribution is 2.35. The summed E-state index contributed by atoms with van der Waals surface area (Å²) >= 11 is 1.79. The van der Waals surface area contributed by atoms with E-state index in [0.717, 1.165) is 19.4 Å². The maximum atomic E-state index is 13.0. The number of piperazine rings is 1. The van der Waals surface area contributed by atoms with Gasteiger partial charge >= 0.3 is 0 Å². The van der Waals surface area contributed by atoms with Crippen LogP contribution in [0.3, 0.4) is 0 Å². The minimum atomic E-state index is -3.76. The lowest BCUT2D eigenvalue weighted by molar-refractivity contribution is -0.134. The predicted molar refractivity (Wildman–Crippen MR) is 119 cm³/mol. The van der Waals surface area contributed by atoms with E-state index in [1.807, 2.05) is 6.07 Å². The summed E-state index contributed by atoms with van der Waals surface area (Å²) in [5.74, 6) is 0.0478. The number of amides is 1. The first kappa shape index (κ1) is 22.0. The molecule has 3 heterocycles. The van der Waals surface area contributed by atoms with E-state index in [4.69, 9.17) is 0 Å². The van der Waals surface area contributed by atoms with Gasteiger partial charge in [-0.25, -0.2) is 8.42 Å². The third-order valence-electron chi connectivity index (χ3n) is 6.15. The summed E-state index contributed by atoms with van der Waals surface area (Å²) < 4.78 is 27.4. The van der Waals surface area contributed by atoms with Crippen molar-refractivity contribution >= 4 is 27.3 Å². The molecule has 7 nitrogen and oxygen atoms in total. The fourth-order valence-electron chi connectivity index (χ4n) is 4.49. The standard InChI is InChI=1S/C22H26N4O3S2/c1-2-19-18-8-14-30-20(18)7-9-25(19)16-22(27)24-10-12-26(13-11-24)31(28,29)21-6-4-3-5-17(21)15-23/h3-6,8,14,19H,2,7,9-13,16H2,1H3. The molecule has 0 bridgehead atoms. The number of rotatable bonds is 5. The fraction of sp³-hybridized carbons (Fsp3) is 0.455. The number of carbonyl (C=O) groups is 1. The maximum Gasteiger partial charge on any atom is 0.244 e. The highest BCUT2D eigenvalue weighted by Gasteiger charge is 2.33. The van der Waals surface area contributed by atoms with Gasteiger partial charge < -0.3 is 4.90 Å². The van der Waals surface area contributed by atoms with Crippen molar-refractivity contribution in [1.82, 2.24) is 14.1 Å². The van der Waals surface area contributed by atoms with E-state index in [9.17, 15) is 18.5 Å². The Kier molecular flexibility index (Phi) is 6.44. The van der Waals surface area contributed by atoms with E-state index in [2.05, 4.69) is 23.3 Å². The van der Waals surface area contributed by atoms with Crippen LogP contribution in [0.2, 0.25) is 0 Å². The lowest BCUT2D eigenvalue weighted by atomic mass is 9.98. The Morgan fingerprint density at radius 1 is 1.16 bits per heavy atom. The van der Waals surface area contributed by atoms with Crippen molar-refractivity contribution in [2.24, 2.45) is 0 Å². The third kappa shape index (κ3) is 4.26. The van der Waals surface area contributed by atoms with Crippen molar-refractivity contribution in [1.29, 1.82) is 5.26 Å². The van der Waals surface area contributed by atoms with Gasteiger partial charge in [-0.2, -0.15) is 9.57 Å². The first-order chi connectivity index (χ1) is 15.0. The summed E-state index contributed by atoms with van der Waals surface area (Å²) in [6.07, 6.45) is 1.93. The van der Waals surface area contributed by atoms with Gasteiger partial charge in [0.05, 0.1) is 17.0 Å². The molecule has 2 aromatic rings. The molecule has 31 heavy (non-hydrogen) atoms. The quantitative estimate of drug-likeness (QED) is 0.687. The minimum absolute atomic E-state index is 0.0305. The van der Waals surface area contributed by atoms with Crippen LogP contribution in [0.5, 0.6) is 0 Å². The molecule has 1 amide bonds. The lowest BCUT2D eigenvalue weighted by Gasteiger charge is -2.38. The van der Waals surface area contributed by atoms with Gasteiger partial charge in [-0.15, -0.1) is 11.3 Å². The van der Waals surface area contributed by atoms with Gasteiger partial charge in [0.1, 0.15) is 6.07 Å². The fourth-order valence-corrected chi connectivity index (χ4v) is 6.98. The Morgan fingerprint density at radius 3 is 2.61 bits per heavy atom. The maximum absolute atomic E-state index is 13.0. The van der Waals surface area contributed by atoms with Crippen molar-refractivity contribution in [2.45, 2.75) is 30.7 Å². The number of nitriles is 1. The molecule has 4 rings (SSSR count). The molecule has 2 aliphatic heterocycles. The summed E-state index contributed by atoms with van der Waals surface area (Å²) in [5, 5.41) is 11.4. The topological polar surface area (TPSA) is 84.7 Å². The summed E-state index contributed by atoms with van der Waals surface area (Å²) in [7, 11) is -3.76. The van der Waals surface area contributed by atoms with E-state index >= 15 is 0 Å². The molecule has 0 spiro atoms. The molecular formula is C22H26N4O3S2. The average Bonchev–Trinajstić information content (AvgIpc) is 3.28. The van der Waals surface area contributed by atoms with Crippen LogP contribution in [0.1, 0.15) is 35.4 Å². The van der Waals surface area contributed by atoms with Gasteiger partial charge in [-0.05, 0) is 42.0 Å². The van der Waals surface area contributed by atoms with Crippen LogP contribution in [-0.4, -0.2) is 67.7 Å². The molecule has 1 saturated heterocycles. The number of nitrogens with zero attached hydrogens (tertiary/aromatic N) is 4. The molecule has 1 aromatic heterocycles. The van der Waals surface area contributed by atoms with Crippen LogP contribution in [-0.2, 0) is 21.2 Å². The second kappa shape index (κ2) is 9.09. The molecule has 2 aliphatic rings. The third-order valence-corrected chi connectivity index (χ3v) is 9.10. The highest BCUT2D eigenvalue weighted by molar-refractivity contribution is 7.89. The van der Waals surface area contributed by atoms with Crippen molar-refractivity contribution in [3.63, 3.8) is 0 Å². The average molecular weight is 459 g/mol. The number of benzene rings is 1. The van der Waals surface area contributed by atoms with Crippen LogP contribution in [0, 0.1) is 11.3 Å². The first-order valence-electron chi connectivity index (χ1n) is 10.5. The van der Waals surface area contributed by atoms with Gasteiger partial charge in [0.2, 0.25) is 15.9 Å². The molecule has 1 unspecified atom stereocenters. The largest absolute Gasteiger partial charge is 0.339 e. The summed E-state index contributed by atoms with van der Waals surface area (Å²) in [6, 6.07) is 10.6. The zero-order valence-corrected chi connectivity index (χ0v) is 19.2. The molecule has 1 aromatic carbocycles. The van der Waals surface area contributed by atoms with E-state index in [0.29, 0.717) is 19.6 Å². The van der Waals surface area contributed by atoms with Crippen molar-refractivity contribution in [3.05, 3.63) is 51.7 Å². The summed E-state index contributed by atoms with van der Waals surface area (Å²) in [4.78, 5) is 18.4. The molecule has 9 heteroatoms. The normalized spacial score (nSPS) is 20.3. The zero-order chi connectivity index (χ0) is 22.0. The number of sulfonamides is 1. The Balaban J connectivity index is 1.39. The molecule has 0 N–H and O–H groups in total. The molecular weight excluding hydrogens is 432 g/mol. The van der Waals surface area contributed by atoms with E-state index in [1.54, 1.807) is 28.4 Å². The van der Waals surface area contributed by atoms with Crippen LogP contribution in [0.4, 0.5) is 0 Å². The molecule has 0 aliphatic carbocycles. The lowest BCUT2D eigenvalue weighted by Crippen LogP contribution is -2.53. The Hall–Kier alpha value is -2.25. The Bertz CT molecular complexity index is 1100. The van der Waals surface area contributed by atoms with Crippen LogP contribution >= 0.6 is 11.3 Å². The van der Waals surface area contributed by atoms with Crippen molar-refractivity contribution < 1.29 is 13.2 Å². The van der Waals surface area contributed by atoms with Crippen LogP contribution < -0.4 is 0 Å². The van der Waals surface area contributed by atoms with Crippen molar-refractivity contribution in [2.75, 3.05) is 39.3 Å². The SMILES string of the molecule is CCC1c2ccsc2CCN1CC(=O)N1CCN(S(=O)(=O)c2ccccc2C#N)CC1. The minimum Gasteiger partial charge on any atom is -0.339 e. The number of fused-ring (bicyclic) bond motifs is 1. The van der Waals surface area contributed by atoms with Gasteiger partial charge in [-0.1, -0.05) is 19.1 Å². The monoisotopic (exact) mass is 458 g/mol. The molecule has 1 fully saturated rings. The van der Waals surface area contributed by atoms with Crippen molar-refractivity contribution in [3.8, 4) is 6.07 Å². The number of thiophene rings is 1. The van der Waals surface area contributed by atoms with Gasteiger partial charge in [-0.3, -0.25) is 9.69 Å². The summed E-state index contributed by atoms with van der Waals surface area (Å²) in [6.45, 7) is 4.58. The van der Waals surface area contributed by atoms with Crippen LogP contribution in [0.25, 0.3) is 0 Å².